The Bertz CT molecular complexity index is 345. The summed E-state index contributed by atoms with van der Waals surface area (Å²) in [6.45, 7) is 3.12. The highest BCUT2D eigenvalue weighted by molar-refractivity contribution is 5.37. The zero-order valence-corrected chi connectivity index (χ0v) is 10.3. The van der Waals surface area contributed by atoms with E-state index in [1.165, 1.54) is 30.4 Å². The molecule has 2 heteroatoms. The summed E-state index contributed by atoms with van der Waals surface area (Å²) in [6, 6.07) is 7.21. The van der Waals surface area contributed by atoms with Gasteiger partial charge >= 0.3 is 0 Å². The molecule has 0 radical (unpaired) electrons. The van der Waals surface area contributed by atoms with Crippen molar-refractivity contribution in [2.45, 2.75) is 45.2 Å². The molecule has 0 aromatic heterocycles. The summed E-state index contributed by atoms with van der Waals surface area (Å²) in [5, 5.41) is 3.58. The monoisotopic (exact) mass is 219 g/mol. The average molecular weight is 219 g/mol. The third-order valence-corrected chi connectivity index (χ3v) is 3.44. The van der Waals surface area contributed by atoms with Crippen molar-refractivity contribution in [3.8, 4) is 5.75 Å². The largest absolute Gasteiger partial charge is 0.496 e. The summed E-state index contributed by atoms with van der Waals surface area (Å²) in [5.74, 6) is 1.00. The van der Waals surface area contributed by atoms with Gasteiger partial charge in [-0.3, -0.25) is 0 Å². The first-order valence-corrected chi connectivity index (χ1v) is 6.22. The van der Waals surface area contributed by atoms with Gasteiger partial charge in [-0.2, -0.15) is 0 Å². The van der Waals surface area contributed by atoms with E-state index in [0.29, 0.717) is 0 Å². The molecule has 16 heavy (non-hydrogen) atoms. The Labute approximate surface area is 98.0 Å². The summed E-state index contributed by atoms with van der Waals surface area (Å²) >= 11 is 0. The fourth-order valence-electron chi connectivity index (χ4n) is 2.06. The van der Waals surface area contributed by atoms with Crippen LogP contribution in [-0.2, 0) is 13.0 Å². The van der Waals surface area contributed by atoms with Gasteiger partial charge in [-0.1, -0.05) is 25.5 Å². The SMILES string of the molecule is CCc1ccc(OC)c(CNC2CCC2)c1. The molecule has 0 spiro atoms. The lowest BCUT2D eigenvalue weighted by atomic mass is 9.93. The van der Waals surface area contributed by atoms with Crippen LogP contribution < -0.4 is 10.1 Å². The molecule has 2 rings (SSSR count). The third-order valence-electron chi connectivity index (χ3n) is 3.44. The van der Waals surface area contributed by atoms with Crippen LogP contribution in [0.25, 0.3) is 0 Å². The third kappa shape index (κ3) is 2.56. The molecule has 1 aromatic rings. The van der Waals surface area contributed by atoms with Crippen LogP contribution in [0, 0.1) is 0 Å². The van der Waals surface area contributed by atoms with Gasteiger partial charge in [0.15, 0.2) is 0 Å². The lowest BCUT2D eigenvalue weighted by molar-refractivity contribution is 0.334. The Balaban J connectivity index is 2.03. The summed E-state index contributed by atoms with van der Waals surface area (Å²) in [7, 11) is 1.74. The van der Waals surface area contributed by atoms with E-state index in [1.54, 1.807) is 7.11 Å². The highest BCUT2D eigenvalue weighted by Crippen LogP contribution is 2.23. The van der Waals surface area contributed by atoms with Crippen molar-refractivity contribution >= 4 is 0 Å². The first-order chi connectivity index (χ1) is 7.83. The van der Waals surface area contributed by atoms with Crippen LogP contribution in [0.15, 0.2) is 18.2 Å². The van der Waals surface area contributed by atoms with Crippen molar-refractivity contribution in [3.05, 3.63) is 29.3 Å². The molecule has 0 atom stereocenters. The zero-order chi connectivity index (χ0) is 11.4. The number of benzene rings is 1. The number of hydrogen-bond acceptors (Lipinski definition) is 2. The van der Waals surface area contributed by atoms with Gasteiger partial charge < -0.3 is 10.1 Å². The quantitative estimate of drug-likeness (QED) is 0.822. The van der Waals surface area contributed by atoms with Gasteiger partial charge in [-0.15, -0.1) is 0 Å². The van der Waals surface area contributed by atoms with Gasteiger partial charge in [0, 0.05) is 18.2 Å². The van der Waals surface area contributed by atoms with E-state index < -0.39 is 0 Å². The van der Waals surface area contributed by atoms with Crippen molar-refractivity contribution in [1.82, 2.24) is 5.32 Å². The molecule has 1 aliphatic rings. The van der Waals surface area contributed by atoms with Crippen LogP contribution in [0.2, 0.25) is 0 Å². The van der Waals surface area contributed by atoms with Crippen molar-refractivity contribution in [2.75, 3.05) is 7.11 Å². The number of hydrogen-bond donors (Lipinski definition) is 1. The van der Waals surface area contributed by atoms with E-state index in [1.807, 2.05) is 0 Å². The Hall–Kier alpha value is -1.02. The van der Waals surface area contributed by atoms with Gasteiger partial charge in [-0.05, 0) is 30.9 Å². The fourth-order valence-corrected chi connectivity index (χ4v) is 2.06. The molecule has 1 aliphatic carbocycles. The first kappa shape index (κ1) is 11.5. The van der Waals surface area contributed by atoms with Gasteiger partial charge in [0.2, 0.25) is 0 Å². The van der Waals surface area contributed by atoms with E-state index in [2.05, 4.69) is 30.4 Å². The molecular formula is C14H21NO. The number of nitrogens with one attached hydrogen (secondary N) is 1. The Morgan fingerprint density at radius 1 is 1.38 bits per heavy atom. The minimum Gasteiger partial charge on any atom is -0.496 e. The second-order valence-corrected chi connectivity index (χ2v) is 4.51. The van der Waals surface area contributed by atoms with Crippen LogP contribution in [-0.4, -0.2) is 13.2 Å². The zero-order valence-electron chi connectivity index (χ0n) is 10.3. The predicted octanol–water partition coefficient (Wildman–Crippen LogP) is 2.90. The maximum Gasteiger partial charge on any atom is 0.123 e. The predicted molar refractivity (Wildman–Crippen MR) is 66.9 cm³/mol. The lowest BCUT2D eigenvalue weighted by Crippen LogP contribution is -2.34. The van der Waals surface area contributed by atoms with Crippen LogP contribution in [0.1, 0.15) is 37.3 Å². The van der Waals surface area contributed by atoms with Crippen molar-refractivity contribution in [2.24, 2.45) is 0 Å². The van der Waals surface area contributed by atoms with Gasteiger partial charge in [0.1, 0.15) is 5.75 Å². The first-order valence-electron chi connectivity index (χ1n) is 6.22. The molecule has 0 saturated heterocycles. The van der Waals surface area contributed by atoms with E-state index in [9.17, 15) is 0 Å². The number of aryl methyl sites for hydroxylation is 1. The van der Waals surface area contributed by atoms with Gasteiger partial charge in [0.25, 0.3) is 0 Å². The second-order valence-electron chi connectivity index (χ2n) is 4.51. The summed E-state index contributed by atoms with van der Waals surface area (Å²) in [4.78, 5) is 0. The summed E-state index contributed by atoms with van der Waals surface area (Å²) in [5.41, 5.74) is 2.67. The maximum absolute atomic E-state index is 5.39. The maximum atomic E-state index is 5.39. The number of methoxy groups -OCH3 is 1. The van der Waals surface area contributed by atoms with Crippen molar-refractivity contribution in [1.29, 1.82) is 0 Å². The van der Waals surface area contributed by atoms with Crippen LogP contribution in [0.5, 0.6) is 5.75 Å². The molecule has 0 bridgehead atoms. The summed E-state index contributed by atoms with van der Waals surface area (Å²) < 4.78 is 5.39. The molecule has 0 amide bonds. The van der Waals surface area contributed by atoms with E-state index in [4.69, 9.17) is 4.74 Å². The molecule has 1 saturated carbocycles. The molecule has 2 nitrogen and oxygen atoms in total. The Morgan fingerprint density at radius 3 is 2.75 bits per heavy atom. The smallest absolute Gasteiger partial charge is 0.123 e. The number of ether oxygens (including phenoxy) is 1. The normalized spacial score (nSPS) is 15.9. The van der Waals surface area contributed by atoms with Gasteiger partial charge in [-0.25, -0.2) is 0 Å². The van der Waals surface area contributed by atoms with Crippen molar-refractivity contribution < 1.29 is 4.74 Å². The highest BCUT2D eigenvalue weighted by Gasteiger charge is 2.16. The Kier molecular flexibility index (Phi) is 3.83. The molecule has 0 heterocycles. The van der Waals surface area contributed by atoms with E-state index >= 15 is 0 Å². The van der Waals surface area contributed by atoms with Crippen LogP contribution >= 0.6 is 0 Å². The van der Waals surface area contributed by atoms with Crippen molar-refractivity contribution in [3.63, 3.8) is 0 Å². The lowest BCUT2D eigenvalue weighted by Gasteiger charge is -2.27. The molecular weight excluding hydrogens is 198 g/mol. The topological polar surface area (TPSA) is 21.3 Å². The molecule has 0 unspecified atom stereocenters. The Morgan fingerprint density at radius 2 is 2.19 bits per heavy atom. The second kappa shape index (κ2) is 5.35. The molecule has 88 valence electrons. The standard InChI is InChI=1S/C14H21NO/c1-3-11-7-8-14(16-2)12(9-11)10-15-13-5-4-6-13/h7-9,13,15H,3-6,10H2,1-2H3. The minimum absolute atomic E-state index is 0.731. The fraction of sp³-hybridized carbons (Fsp3) is 0.571. The van der Waals surface area contributed by atoms with Crippen LogP contribution in [0.3, 0.4) is 0 Å². The van der Waals surface area contributed by atoms with E-state index in [0.717, 1.165) is 24.8 Å². The average Bonchev–Trinajstić information content (AvgIpc) is 2.26. The molecule has 1 aromatic carbocycles. The van der Waals surface area contributed by atoms with E-state index in [-0.39, 0.29) is 0 Å². The minimum atomic E-state index is 0.731. The number of rotatable bonds is 5. The van der Waals surface area contributed by atoms with Crippen LogP contribution in [0.4, 0.5) is 0 Å². The molecule has 1 fully saturated rings. The summed E-state index contributed by atoms with van der Waals surface area (Å²) in [6.07, 6.45) is 5.12. The molecule has 0 aliphatic heterocycles. The van der Waals surface area contributed by atoms with Gasteiger partial charge in [0.05, 0.1) is 7.11 Å². The highest BCUT2D eigenvalue weighted by atomic mass is 16.5. The molecule has 1 N–H and O–H groups in total.